The van der Waals surface area contributed by atoms with Crippen LogP contribution in [-0.4, -0.2) is 17.6 Å². The van der Waals surface area contributed by atoms with Gasteiger partial charge in [-0.05, 0) is 24.6 Å². The third kappa shape index (κ3) is 5.40. The molecule has 3 N–H and O–H groups in total. The van der Waals surface area contributed by atoms with Crippen molar-refractivity contribution >= 4 is 29.3 Å². The van der Waals surface area contributed by atoms with Crippen molar-refractivity contribution in [3.8, 4) is 0 Å². The van der Waals surface area contributed by atoms with Gasteiger partial charge in [0.05, 0.1) is 5.75 Å². The molecular formula is C12H16N2O2S. The minimum atomic E-state index is -0.351. The summed E-state index contributed by atoms with van der Waals surface area (Å²) in [6.45, 7) is 1.96. The van der Waals surface area contributed by atoms with E-state index in [2.05, 4.69) is 5.32 Å². The number of hydrogen-bond acceptors (Lipinski definition) is 3. The Hall–Kier alpha value is -1.49. The lowest BCUT2D eigenvalue weighted by atomic mass is 10.3. The molecule has 0 aliphatic rings. The van der Waals surface area contributed by atoms with Gasteiger partial charge in [0.15, 0.2) is 0 Å². The van der Waals surface area contributed by atoms with Crippen molar-refractivity contribution in [1.29, 1.82) is 0 Å². The molecule has 5 heteroatoms. The van der Waals surface area contributed by atoms with Crippen molar-refractivity contribution in [3.05, 3.63) is 24.3 Å². The smallest absolute Gasteiger partial charge is 0.227 e. The van der Waals surface area contributed by atoms with E-state index in [0.717, 1.165) is 17.0 Å². The Morgan fingerprint density at radius 3 is 2.82 bits per heavy atom. The predicted octanol–water partition coefficient (Wildman–Crippen LogP) is 2.00. The van der Waals surface area contributed by atoms with Crippen LogP contribution in [0.15, 0.2) is 29.2 Å². The third-order valence-electron chi connectivity index (χ3n) is 1.98. The van der Waals surface area contributed by atoms with Gasteiger partial charge in [-0.25, -0.2) is 0 Å². The predicted molar refractivity (Wildman–Crippen MR) is 69.9 cm³/mol. The first-order valence-corrected chi connectivity index (χ1v) is 6.41. The molecule has 0 saturated carbocycles. The average Bonchev–Trinajstić information content (AvgIpc) is 2.27. The standard InChI is InChI=1S/C12H16N2O2S/c1-2-4-12(16)14-9-5-3-6-10(7-9)17-8-11(13)15/h3,5-7H,2,4,8H2,1H3,(H2,13,15)(H,14,16). The van der Waals surface area contributed by atoms with Crippen molar-refractivity contribution in [2.24, 2.45) is 5.73 Å². The van der Waals surface area contributed by atoms with Crippen LogP contribution in [0.25, 0.3) is 0 Å². The van der Waals surface area contributed by atoms with Gasteiger partial charge >= 0.3 is 0 Å². The summed E-state index contributed by atoms with van der Waals surface area (Å²) in [6, 6.07) is 7.37. The van der Waals surface area contributed by atoms with E-state index in [1.807, 2.05) is 31.2 Å². The van der Waals surface area contributed by atoms with E-state index in [9.17, 15) is 9.59 Å². The lowest BCUT2D eigenvalue weighted by Gasteiger charge is -2.06. The van der Waals surface area contributed by atoms with Gasteiger partial charge in [-0.3, -0.25) is 9.59 Å². The zero-order chi connectivity index (χ0) is 12.7. The fraction of sp³-hybridized carbons (Fsp3) is 0.333. The zero-order valence-corrected chi connectivity index (χ0v) is 10.5. The fourth-order valence-electron chi connectivity index (χ4n) is 1.27. The molecule has 0 bridgehead atoms. The molecule has 92 valence electrons. The van der Waals surface area contributed by atoms with E-state index in [1.54, 1.807) is 0 Å². The first-order chi connectivity index (χ1) is 8.11. The number of primary amides is 1. The van der Waals surface area contributed by atoms with Crippen molar-refractivity contribution in [2.75, 3.05) is 11.1 Å². The number of nitrogens with two attached hydrogens (primary N) is 1. The summed E-state index contributed by atoms with van der Waals surface area (Å²) in [4.78, 5) is 23.0. The number of anilines is 1. The van der Waals surface area contributed by atoms with E-state index in [0.29, 0.717) is 6.42 Å². The number of carbonyl (C=O) groups is 2. The summed E-state index contributed by atoms with van der Waals surface area (Å²) in [5.74, 6) is -0.105. The van der Waals surface area contributed by atoms with Crippen LogP contribution in [0.5, 0.6) is 0 Å². The molecule has 2 amide bonds. The Labute approximate surface area is 105 Å². The van der Waals surface area contributed by atoms with Crippen LogP contribution < -0.4 is 11.1 Å². The van der Waals surface area contributed by atoms with Gasteiger partial charge < -0.3 is 11.1 Å². The SMILES string of the molecule is CCCC(=O)Nc1cccc(SCC(N)=O)c1. The number of nitrogens with one attached hydrogen (secondary N) is 1. The zero-order valence-electron chi connectivity index (χ0n) is 9.73. The maximum Gasteiger partial charge on any atom is 0.227 e. The van der Waals surface area contributed by atoms with Gasteiger partial charge in [0.2, 0.25) is 11.8 Å². The second-order valence-electron chi connectivity index (χ2n) is 3.58. The van der Waals surface area contributed by atoms with Crippen molar-refractivity contribution in [1.82, 2.24) is 0 Å². The van der Waals surface area contributed by atoms with E-state index >= 15 is 0 Å². The lowest BCUT2D eigenvalue weighted by Crippen LogP contribution is -2.13. The Kier molecular flexibility index (Phi) is 5.56. The fourth-order valence-corrected chi connectivity index (χ4v) is 1.96. The number of benzene rings is 1. The normalized spacial score (nSPS) is 9.94. The van der Waals surface area contributed by atoms with Crippen LogP contribution in [0.1, 0.15) is 19.8 Å². The summed E-state index contributed by atoms with van der Waals surface area (Å²) in [5, 5.41) is 2.80. The van der Waals surface area contributed by atoms with Crippen LogP contribution >= 0.6 is 11.8 Å². The molecule has 1 aromatic rings. The maximum atomic E-state index is 11.4. The Bertz CT molecular complexity index is 407. The summed E-state index contributed by atoms with van der Waals surface area (Å²) < 4.78 is 0. The van der Waals surface area contributed by atoms with Crippen LogP contribution in [0.2, 0.25) is 0 Å². The Balaban J connectivity index is 2.59. The molecule has 0 atom stereocenters. The highest BCUT2D eigenvalue weighted by atomic mass is 32.2. The molecule has 0 aliphatic heterocycles. The highest BCUT2D eigenvalue weighted by Gasteiger charge is 2.02. The molecule has 4 nitrogen and oxygen atoms in total. The summed E-state index contributed by atoms with van der Waals surface area (Å²) in [6.07, 6.45) is 1.33. The molecular weight excluding hydrogens is 236 g/mol. The summed E-state index contributed by atoms with van der Waals surface area (Å²) in [7, 11) is 0. The number of thioether (sulfide) groups is 1. The van der Waals surface area contributed by atoms with Crippen LogP contribution in [-0.2, 0) is 9.59 Å². The molecule has 17 heavy (non-hydrogen) atoms. The van der Waals surface area contributed by atoms with Gasteiger partial charge in [-0.15, -0.1) is 11.8 Å². The van der Waals surface area contributed by atoms with Gasteiger partial charge in [-0.2, -0.15) is 0 Å². The van der Waals surface area contributed by atoms with E-state index in [4.69, 9.17) is 5.73 Å². The second kappa shape index (κ2) is 6.96. The van der Waals surface area contributed by atoms with Gasteiger partial charge in [-0.1, -0.05) is 13.0 Å². The number of hydrogen-bond donors (Lipinski definition) is 2. The van der Waals surface area contributed by atoms with Crippen LogP contribution in [0.4, 0.5) is 5.69 Å². The van der Waals surface area contributed by atoms with E-state index < -0.39 is 0 Å². The molecule has 0 heterocycles. The maximum absolute atomic E-state index is 11.4. The molecule has 0 saturated heterocycles. The lowest BCUT2D eigenvalue weighted by molar-refractivity contribution is -0.116. The monoisotopic (exact) mass is 252 g/mol. The first kappa shape index (κ1) is 13.6. The minimum Gasteiger partial charge on any atom is -0.369 e. The number of carbonyl (C=O) groups excluding carboxylic acids is 2. The van der Waals surface area contributed by atoms with E-state index in [-0.39, 0.29) is 17.6 Å². The minimum absolute atomic E-state index is 0.00421. The molecule has 1 rings (SSSR count). The molecule has 0 aromatic heterocycles. The summed E-state index contributed by atoms with van der Waals surface area (Å²) >= 11 is 1.36. The molecule has 0 spiro atoms. The van der Waals surface area contributed by atoms with Crippen molar-refractivity contribution in [3.63, 3.8) is 0 Å². The molecule has 0 unspecified atom stereocenters. The Morgan fingerprint density at radius 2 is 2.18 bits per heavy atom. The third-order valence-corrected chi connectivity index (χ3v) is 2.99. The van der Waals surface area contributed by atoms with Gasteiger partial charge in [0.1, 0.15) is 0 Å². The average molecular weight is 252 g/mol. The topological polar surface area (TPSA) is 72.2 Å². The molecule has 0 fully saturated rings. The molecule has 0 radical (unpaired) electrons. The quantitative estimate of drug-likeness (QED) is 0.761. The second-order valence-corrected chi connectivity index (χ2v) is 4.63. The highest BCUT2D eigenvalue weighted by Crippen LogP contribution is 2.21. The van der Waals surface area contributed by atoms with Gasteiger partial charge in [0, 0.05) is 17.0 Å². The van der Waals surface area contributed by atoms with Crippen LogP contribution in [0, 0.1) is 0 Å². The highest BCUT2D eigenvalue weighted by molar-refractivity contribution is 8.00. The first-order valence-electron chi connectivity index (χ1n) is 5.43. The van der Waals surface area contributed by atoms with Crippen molar-refractivity contribution < 1.29 is 9.59 Å². The number of amides is 2. The largest absolute Gasteiger partial charge is 0.369 e. The molecule has 0 aliphatic carbocycles. The van der Waals surface area contributed by atoms with Gasteiger partial charge in [0.25, 0.3) is 0 Å². The number of rotatable bonds is 6. The van der Waals surface area contributed by atoms with E-state index in [1.165, 1.54) is 11.8 Å². The van der Waals surface area contributed by atoms with Crippen molar-refractivity contribution in [2.45, 2.75) is 24.7 Å². The summed E-state index contributed by atoms with van der Waals surface area (Å²) in [5.41, 5.74) is 5.82. The Morgan fingerprint density at radius 1 is 1.41 bits per heavy atom. The molecule has 1 aromatic carbocycles. The van der Waals surface area contributed by atoms with Crippen LogP contribution in [0.3, 0.4) is 0 Å².